The molecule has 2 N–H and O–H groups in total. The highest BCUT2D eigenvalue weighted by Gasteiger charge is 2.44. The van der Waals surface area contributed by atoms with E-state index < -0.39 is 0 Å². The summed E-state index contributed by atoms with van der Waals surface area (Å²) in [6.45, 7) is 3.63. The highest BCUT2D eigenvalue weighted by Crippen LogP contribution is 2.42. The minimum Gasteiger partial charge on any atom is -0.396 e. The highest BCUT2D eigenvalue weighted by atomic mass is 16.3. The molecule has 1 saturated heterocycles. The van der Waals surface area contributed by atoms with Crippen LogP contribution in [0.4, 0.5) is 0 Å². The molecule has 0 bridgehead atoms. The van der Waals surface area contributed by atoms with Gasteiger partial charge < -0.3 is 15.1 Å². The predicted molar refractivity (Wildman–Crippen MR) is 66.6 cm³/mol. The second-order valence-electron chi connectivity index (χ2n) is 6.63. The Kier molecular flexibility index (Phi) is 3.18. The average molecular weight is 239 g/mol. The van der Waals surface area contributed by atoms with Crippen molar-refractivity contribution in [1.82, 2.24) is 4.90 Å². The van der Waals surface area contributed by atoms with Gasteiger partial charge in [-0.05, 0) is 31.6 Å². The maximum atomic E-state index is 9.92. The third-order valence-electron chi connectivity index (χ3n) is 5.45. The zero-order valence-corrected chi connectivity index (χ0v) is 10.6. The molecule has 17 heavy (non-hydrogen) atoms. The minimum atomic E-state index is -0.0568. The summed E-state index contributed by atoms with van der Waals surface area (Å²) in [6.07, 6.45) is 7.10. The molecule has 2 aliphatic carbocycles. The standard InChI is InChI=1S/C14H25NO2/c16-10-14(5-1-2-6-14)9-15-7-11-3-4-13(17)12(11)8-15/h11-13,16-17H,1-10H2. The van der Waals surface area contributed by atoms with Crippen molar-refractivity contribution in [3.8, 4) is 0 Å². The van der Waals surface area contributed by atoms with E-state index in [0.29, 0.717) is 12.5 Å². The summed E-state index contributed by atoms with van der Waals surface area (Å²) >= 11 is 0. The summed E-state index contributed by atoms with van der Waals surface area (Å²) in [5, 5.41) is 19.6. The number of likely N-dealkylation sites (tertiary alicyclic amines) is 1. The fourth-order valence-corrected chi connectivity index (χ4v) is 4.42. The normalized spacial score (nSPS) is 40.9. The summed E-state index contributed by atoms with van der Waals surface area (Å²) in [5.74, 6) is 1.24. The van der Waals surface area contributed by atoms with Crippen LogP contribution in [0.1, 0.15) is 38.5 Å². The molecule has 3 nitrogen and oxygen atoms in total. The van der Waals surface area contributed by atoms with Gasteiger partial charge in [0.1, 0.15) is 0 Å². The molecule has 0 aromatic heterocycles. The lowest BCUT2D eigenvalue weighted by atomic mass is 9.86. The first-order valence-electron chi connectivity index (χ1n) is 7.24. The van der Waals surface area contributed by atoms with Crippen molar-refractivity contribution in [1.29, 1.82) is 0 Å². The van der Waals surface area contributed by atoms with Gasteiger partial charge in [0.05, 0.1) is 6.10 Å². The van der Waals surface area contributed by atoms with Crippen molar-refractivity contribution in [3.05, 3.63) is 0 Å². The van der Waals surface area contributed by atoms with Crippen LogP contribution in [0.15, 0.2) is 0 Å². The van der Waals surface area contributed by atoms with Crippen LogP contribution >= 0.6 is 0 Å². The van der Waals surface area contributed by atoms with Crippen LogP contribution in [0, 0.1) is 17.3 Å². The van der Waals surface area contributed by atoms with Gasteiger partial charge in [-0.25, -0.2) is 0 Å². The smallest absolute Gasteiger partial charge is 0.0583 e. The van der Waals surface area contributed by atoms with Crippen molar-refractivity contribution in [2.45, 2.75) is 44.6 Å². The van der Waals surface area contributed by atoms with E-state index in [-0.39, 0.29) is 11.5 Å². The predicted octanol–water partition coefficient (Wildman–Crippen LogP) is 1.24. The number of aliphatic hydroxyl groups excluding tert-OH is 2. The summed E-state index contributed by atoms with van der Waals surface area (Å²) < 4.78 is 0. The Morgan fingerprint density at radius 3 is 2.53 bits per heavy atom. The van der Waals surface area contributed by atoms with Crippen LogP contribution < -0.4 is 0 Å². The topological polar surface area (TPSA) is 43.7 Å². The summed E-state index contributed by atoms with van der Waals surface area (Å²) in [6, 6.07) is 0. The average Bonchev–Trinajstić information content (AvgIpc) is 2.99. The fraction of sp³-hybridized carbons (Fsp3) is 1.00. The van der Waals surface area contributed by atoms with E-state index in [9.17, 15) is 10.2 Å². The fourth-order valence-electron chi connectivity index (χ4n) is 4.42. The Labute approximate surface area is 104 Å². The van der Waals surface area contributed by atoms with Gasteiger partial charge in [-0.1, -0.05) is 12.8 Å². The lowest BCUT2D eigenvalue weighted by Gasteiger charge is -2.32. The Hall–Kier alpha value is -0.120. The highest BCUT2D eigenvalue weighted by molar-refractivity contribution is 4.96. The lowest BCUT2D eigenvalue weighted by Crippen LogP contribution is -2.38. The number of rotatable bonds is 3. The van der Waals surface area contributed by atoms with Crippen LogP contribution in [-0.4, -0.2) is 47.5 Å². The first-order valence-corrected chi connectivity index (χ1v) is 7.24. The van der Waals surface area contributed by atoms with Crippen LogP contribution in [0.5, 0.6) is 0 Å². The molecular weight excluding hydrogens is 214 g/mol. The minimum absolute atomic E-state index is 0.0568. The molecule has 0 aromatic rings. The molecule has 3 atom stereocenters. The molecule has 0 spiro atoms. The molecule has 0 amide bonds. The van der Waals surface area contributed by atoms with Crippen LogP contribution in [0.3, 0.4) is 0 Å². The van der Waals surface area contributed by atoms with Gasteiger partial charge in [-0.3, -0.25) is 0 Å². The Morgan fingerprint density at radius 1 is 1.12 bits per heavy atom. The maximum absolute atomic E-state index is 9.92. The Morgan fingerprint density at radius 2 is 1.88 bits per heavy atom. The van der Waals surface area contributed by atoms with Crippen LogP contribution in [0.2, 0.25) is 0 Å². The van der Waals surface area contributed by atoms with Gasteiger partial charge >= 0.3 is 0 Å². The third-order valence-corrected chi connectivity index (χ3v) is 5.45. The monoisotopic (exact) mass is 239 g/mol. The van der Waals surface area contributed by atoms with E-state index in [4.69, 9.17) is 0 Å². The molecule has 3 aliphatic rings. The largest absolute Gasteiger partial charge is 0.396 e. The first-order chi connectivity index (χ1) is 8.22. The number of nitrogens with zero attached hydrogens (tertiary/aromatic N) is 1. The van der Waals surface area contributed by atoms with Gasteiger partial charge in [-0.2, -0.15) is 0 Å². The van der Waals surface area contributed by atoms with Gasteiger partial charge in [-0.15, -0.1) is 0 Å². The number of fused-ring (bicyclic) bond motifs is 1. The molecule has 3 rings (SSSR count). The summed E-state index contributed by atoms with van der Waals surface area (Å²) in [5.41, 5.74) is 0.184. The van der Waals surface area contributed by atoms with Gasteiger partial charge in [0.25, 0.3) is 0 Å². The molecule has 98 valence electrons. The second-order valence-corrected chi connectivity index (χ2v) is 6.63. The second kappa shape index (κ2) is 4.52. The lowest BCUT2D eigenvalue weighted by molar-refractivity contribution is 0.0765. The van der Waals surface area contributed by atoms with Crippen molar-refractivity contribution in [2.75, 3.05) is 26.2 Å². The maximum Gasteiger partial charge on any atom is 0.0583 e. The Bertz CT molecular complexity index is 275. The van der Waals surface area contributed by atoms with E-state index in [2.05, 4.69) is 4.90 Å². The molecule has 1 aliphatic heterocycles. The van der Waals surface area contributed by atoms with Gasteiger partial charge in [0.15, 0.2) is 0 Å². The van der Waals surface area contributed by atoms with E-state index in [0.717, 1.165) is 32.0 Å². The molecule has 2 saturated carbocycles. The zero-order chi connectivity index (χ0) is 11.9. The van der Waals surface area contributed by atoms with Crippen LogP contribution in [-0.2, 0) is 0 Å². The van der Waals surface area contributed by atoms with E-state index in [1.54, 1.807) is 0 Å². The molecular formula is C14H25NO2. The summed E-state index contributed by atoms with van der Waals surface area (Å²) in [7, 11) is 0. The molecule has 0 radical (unpaired) electrons. The van der Waals surface area contributed by atoms with Crippen molar-refractivity contribution in [2.24, 2.45) is 17.3 Å². The summed E-state index contributed by atoms with van der Waals surface area (Å²) in [4.78, 5) is 2.51. The Balaban J connectivity index is 1.60. The quantitative estimate of drug-likeness (QED) is 0.779. The molecule has 1 heterocycles. The molecule has 3 unspecified atom stereocenters. The van der Waals surface area contributed by atoms with E-state index in [1.807, 2.05) is 0 Å². The van der Waals surface area contributed by atoms with E-state index >= 15 is 0 Å². The number of hydrogen-bond donors (Lipinski definition) is 2. The van der Waals surface area contributed by atoms with Crippen molar-refractivity contribution >= 4 is 0 Å². The van der Waals surface area contributed by atoms with Crippen molar-refractivity contribution in [3.63, 3.8) is 0 Å². The van der Waals surface area contributed by atoms with Gasteiger partial charge in [0, 0.05) is 37.6 Å². The zero-order valence-electron chi connectivity index (χ0n) is 10.6. The molecule has 3 heteroatoms. The SMILES string of the molecule is OCC1(CN2CC3CCC(O)C3C2)CCCC1. The number of hydrogen-bond acceptors (Lipinski definition) is 3. The molecule has 0 aromatic carbocycles. The third kappa shape index (κ3) is 2.13. The number of aliphatic hydroxyl groups is 2. The van der Waals surface area contributed by atoms with Crippen molar-refractivity contribution < 1.29 is 10.2 Å². The van der Waals surface area contributed by atoms with Crippen LogP contribution in [0.25, 0.3) is 0 Å². The first kappa shape index (κ1) is 11.9. The van der Waals surface area contributed by atoms with Gasteiger partial charge in [0.2, 0.25) is 0 Å². The molecule has 3 fully saturated rings. The van der Waals surface area contributed by atoms with E-state index in [1.165, 1.54) is 32.1 Å².